The molecule has 0 fully saturated rings. The number of hydrogen-bond acceptors (Lipinski definition) is 2. The Bertz CT molecular complexity index is 154. The fraction of sp³-hybridized carbons (Fsp3) is 0.714. The maximum atomic E-state index is 9.90. The largest absolute Gasteiger partial charge is 0.481 e. The van der Waals surface area contributed by atoms with E-state index in [1.165, 1.54) is 0 Å². The fourth-order valence-electron chi connectivity index (χ4n) is 0.552. The predicted octanol–water partition coefficient (Wildman–Crippen LogP) is 2.70. The molecule has 0 atom stereocenters. The number of halogens is 3. The summed E-state index contributed by atoms with van der Waals surface area (Å²) in [6.07, 6.45) is 1.02. The van der Waals surface area contributed by atoms with Crippen LogP contribution in [0.25, 0.3) is 0 Å². The molecule has 0 aliphatic carbocycles. The van der Waals surface area contributed by atoms with Gasteiger partial charge in [0.2, 0.25) is 0 Å². The second-order valence-corrected chi connectivity index (χ2v) is 4.22. The van der Waals surface area contributed by atoms with E-state index in [0.29, 0.717) is 12.8 Å². The molecule has 7 heteroatoms. The van der Waals surface area contributed by atoms with Crippen molar-refractivity contribution in [3.05, 3.63) is 0 Å². The van der Waals surface area contributed by atoms with Crippen LogP contribution in [0.2, 0.25) is 0 Å². The van der Waals surface area contributed by atoms with E-state index < -0.39 is 16.2 Å². The van der Waals surface area contributed by atoms with Crippen molar-refractivity contribution in [3.8, 4) is 0 Å². The maximum Gasteiger partial charge on any atom is 0.303 e. The average molecular weight is 266 g/mol. The van der Waals surface area contributed by atoms with Gasteiger partial charge in [-0.2, -0.15) is 0 Å². The molecule has 84 valence electrons. The minimum absolute atomic E-state index is 0.0628. The molecule has 0 aromatic rings. The van der Waals surface area contributed by atoms with Gasteiger partial charge in [0.05, 0.1) is 0 Å². The van der Waals surface area contributed by atoms with Crippen molar-refractivity contribution in [1.82, 2.24) is 0 Å². The molecule has 0 aliphatic rings. The number of carbonyl (C=O) groups is 2. The van der Waals surface area contributed by atoms with Gasteiger partial charge >= 0.3 is 11.9 Å². The van der Waals surface area contributed by atoms with Crippen LogP contribution in [0.15, 0.2) is 0 Å². The monoisotopic (exact) mass is 264 g/mol. The lowest BCUT2D eigenvalue weighted by Gasteiger charge is -1.92. The molecular formula is C7H11Cl3O4. The van der Waals surface area contributed by atoms with Crippen LogP contribution in [-0.2, 0) is 9.59 Å². The Morgan fingerprint density at radius 2 is 1.14 bits per heavy atom. The number of rotatable bonds is 5. The molecule has 14 heavy (non-hydrogen) atoms. The molecule has 0 aliphatic heterocycles. The number of unbranched alkanes of at least 4 members (excludes halogenated alkanes) is 1. The molecule has 0 saturated heterocycles. The normalized spacial score (nSPS) is 9.14. The zero-order valence-corrected chi connectivity index (χ0v) is 9.52. The van der Waals surface area contributed by atoms with Crippen LogP contribution in [0.4, 0.5) is 0 Å². The summed E-state index contributed by atoms with van der Waals surface area (Å²) in [6.45, 7) is 0. The van der Waals surface area contributed by atoms with Gasteiger partial charge < -0.3 is 10.2 Å². The Morgan fingerprint density at radius 1 is 0.929 bits per heavy atom. The lowest BCUT2D eigenvalue weighted by Crippen LogP contribution is -1.97. The van der Waals surface area contributed by atoms with Gasteiger partial charge in [-0.1, -0.05) is 34.8 Å². The van der Waals surface area contributed by atoms with Crippen LogP contribution >= 0.6 is 34.8 Å². The molecule has 0 aromatic carbocycles. The number of carboxylic acids is 2. The third-order valence-corrected chi connectivity index (χ3v) is 1.03. The summed E-state index contributed by atoms with van der Waals surface area (Å²) >= 11 is 14.4. The van der Waals surface area contributed by atoms with Crippen molar-refractivity contribution < 1.29 is 19.8 Å². The summed E-state index contributed by atoms with van der Waals surface area (Å²) in [7, 11) is 0. The molecule has 0 heterocycles. The van der Waals surface area contributed by atoms with Gasteiger partial charge in [-0.15, -0.1) is 0 Å². The third-order valence-electron chi connectivity index (χ3n) is 1.03. The highest BCUT2D eigenvalue weighted by molar-refractivity contribution is 6.63. The van der Waals surface area contributed by atoms with Crippen LogP contribution in [0.3, 0.4) is 0 Å². The summed E-state index contributed by atoms with van der Waals surface area (Å²) in [5, 5.41) is 16.3. The first-order valence-corrected chi connectivity index (χ1v) is 5.03. The SMILES string of the molecule is ClC(Cl)Cl.O=C(O)CCCCC(=O)O. The zero-order valence-electron chi connectivity index (χ0n) is 7.25. The van der Waals surface area contributed by atoms with Gasteiger partial charge in [-0.05, 0) is 12.8 Å². The van der Waals surface area contributed by atoms with E-state index >= 15 is 0 Å². The van der Waals surface area contributed by atoms with Gasteiger partial charge in [0, 0.05) is 12.8 Å². The van der Waals surface area contributed by atoms with Gasteiger partial charge in [-0.3, -0.25) is 9.59 Å². The van der Waals surface area contributed by atoms with E-state index in [2.05, 4.69) is 0 Å². The first-order chi connectivity index (χ1) is 6.36. The highest BCUT2D eigenvalue weighted by Gasteiger charge is 1.99. The van der Waals surface area contributed by atoms with E-state index in [0.717, 1.165) is 0 Å². The summed E-state index contributed by atoms with van der Waals surface area (Å²) in [5.74, 6) is -1.74. The summed E-state index contributed by atoms with van der Waals surface area (Å²) in [4.78, 5) is 19.8. The number of carboxylic acid groups (broad SMARTS) is 2. The molecule has 0 unspecified atom stereocenters. The summed E-state index contributed by atoms with van der Waals surface area (Å²) in [6, 6.07) is 0. The van der Waals surface area contributed by atoms with Gasteiger partial charge in [0.25, 0.3) is 0 Å². The molecule has 0 rings (SSSR count). The second-order valence-electron chi connectivity index (χ2n) is 2.24. The molecule has 0 aromatic heterocycles. The molecule has 0 bridgehead atoms. The zero-order chi connectivity index (χ0) is 11.6. The predicted molar refractivity (Wildman–Crippen MR) is 55.1 cm³/mol. The van der Waals surface area contributed by atoms with Crippen LogP contribution in [-0.4, -0.2) is 26.4 Å². The Balaban J connectivity index is 0. The molecule has 4 nitrogen and oxygen atoms in total. The molecule has 2 N–H and O–H groups in total. The van der Waals surface area contributed by atoms with Crippen molar-refractivity contribution in [2.75, 3.05) is 0 Å². The van der Waals surface area contributed by atoms with Gasteiger partial charge in [0.15, 0.2) is 4.30 Å². The third kappa shape index (κ3) is 29.8. The molecule has 0 radical (unpaired) electrons. The molecule has 0 saturated carbocycles. The highest BCUT2D eigenvalue weighted by Crippen LogP contribution is 2.03. The van der Waals surface area contributed by atoms with E-state index in [-0.39, 0.29) is 12.8 Å². The van der Waals surface area contributed by atoms with E-state index in [1.807, 2.05) is 0 Å². The fourth-order valence-corrected chi connectivity index (χ4v) is 0.552. The Kier molecular flexibility index (Phi) is 12.6. The summed E-state index contributed by atoms with van der Waals surface area (Å²) < 4.78 is -0.750. The minimum atomic E-state index is -0.870. The van der Waals surface area contributed by atoms with Gasteiger partial charge in [0.1, 0.15) is 0 Å². The van der Waals surface area contributed by atoms with E-state index in [9.17, 15) is 9.59 Å². The van der Waals surface area contributed by atoms with Crippen LogP contribution in [0.1, 0.15) is 25.7 Å². The number of alkyl halides is 3. The van der Waals surface area contributed by atoms with Crippen molar-refractivity contribution in [2.24, 2.45) is 0 Å². The molecular weight excluding hydrogens is 254 g/mol. The van der Waals surface area contributed by atoms with Crippen LogP contribution in [0, 0.1) is 0 Å². The topological polar surface area (TPSA) is 74.6 Å². The quantitative estimate of drug-likeness (QED) is 0.592. The van der Waals surface area contributed by atoms with Crippen molar-refractivity contribution in [2.45, 2.75) is 30.0 Å². The Labute approximate surface area is 96.8 Å². The number of aliphatic carboxylic acids is 2. The van der Waals surface area contributed by atoms with Crippen molar-refractivity contribution >= 4 is 46.7 Å². The average Bonchev–Trinajstić information content (AvgIpc) is 1.96. The minimum Gasteiger partial charge on any atom is -0.481 e. The smallest absolute Gasteiger partial charge is 0.303 e. The first-order valence-electron chi connectivity index (χ1n) is 3.72. The second kappa shape index (κ2) is 10.9. The van der Waals surface area contributed by atoms with Gasteiger partial charge in [-0.25, -0.2) is 0 Å². The lowest BCUT2D eigenvalue weighted by atomic mass is 10.2. The van der Waals surface area contributed by atoms with E-state index in [1.54, 1.807) is 0 Å². The maximum absolute atomic E-state index is 9.90. The van der Waals surface area contributed by atoms with Crippen molar-refractivity contribution in [1.29, 1.82) is 0 Å². The number of hydrogen-bond donors (Lipinski definition) is 2. The Hall–Kier alpha value is -0.190. The first kappa shape index (κ1) is 16.2. The molecule has 0 amide bonds. The van der Waals surface area contributed by atoms with Crippen LogP contribution < -0.4 is 0 Å². The standard InChI is InChI=1S/C6H10O4.CHCl3/c7-5(8)3-1-2-4-6(9)10;2-1(3)4/h1-4H2,(H,7,8)(H,9,10);1H. The van der Waals surface area contributed by atoms with Crippen LogP contribution in [0.5, 0.6) is 0 Å². The van der Waals surface area contributed by atoms with E-state index in [4.69, 9.17) is 45.0 Å². The lowest BCUT2D eigenvalue weighted by molar-refractivity contribution is -0.139. The van der Waals surface area contributed by atoms with Crippen molar-refractivity contribution in [3.63, 3.8) is 0 Å². The Morgan fingerprint density at radius 3 is 1.29 bits per heavy atom. The summed E-state index contributed by atoms with van der Waals surface area (Å²) in [5.41, 5.74) is 0. The highest BCUT2D eigenvalue weighted by atomic mass is 35.6. The molecule has 0 spiro atoms.